The fraction of sp³-hybridized carbons (Fsp3) is 0.500. The molecular formula is C16H22N2O2. The fourth-order valence-corrected chi connectivity index (χ4v) is 2.77. The lowest BCUT2D eigenvalue weighted by molar-refractivity contribution is 0.0926. The van der Waals surface area contributed by atoms with Gasteiger partial charge in [0.25, 0.3) is 5.91 Å². The number of nitrogens with one attached hydrogen (secondary N) is 1. The first-order valence-corrected chi connectivity index (χ1v) is 7.30. The topological polar surface area (TPSA) is 72.2 Å². The van der Waals surface area contributed by atoms with E-state index in [1.165, 1.54) is 0 Å². The molecule has 1 fully saturated rings. The van der Waals surface area contributed by atoms with Gasteiger partial charge in [-0.15, -0.1) is 0 Å². The zero-order chi connectivity index (χ0) is 14.5. The Balaban J connectivity index is 2.00. The van der Waals surface area contributed by atoms with E-state index in [9.17, 15) is 9.59 Å². The Morgan fingerprint density at radius 1 is 1.20 bits per heavy atom. The number of nitrogens with two attached hydrogens (primary N) is 1. The quantitative estimate of drug-likeness (QED) is 0.808. The lowest BCUT2D eigenvalue weighted by atomic mass is 10.0. The first kappa shape index (κ1) is 14.7. The number of ketones is 1. The molecule has 0 aromatic heterocycles. The molecule has 20 heavy (non-hydrogen) atoms. The summed E-state index contributed by atoms with van der Waals surface area (Å²) in [6, 6.07) is 7.05. The van der Waals surface area contributed by atoms with Gasteiger partial charge in [0.1, 0.15) is 0 Å². The molecule has 4 nitrogen and oxygen atoms in total. The van der Waals surface area contributed by atoms with Crippen LogP contribution in [0.15, 0.2) is 24.3 Å². The SMILES string of the molecule is CCC(=O)c1ccc(C(=O)NC2CCCC2CN)cc1. The predicted octanol–water partition coefficient (Wildman–Crippen LogP) is 2.14. The Morgan fingerprint density at radius 3 is 2.45 bits per heavy atom. The van der Waals surface area contributed by atoms with Gasteiger partial charge in [-0.2, -0.15) is 0 Å². The van der Waals surface area contributed by atoms with E-state index in [0.29, 0.717) is 30.0 Å². The monoisotopic (exact) mass is 274 g/mol. The van der Waals surface area contributed by atoms with Crippen molar-refractivity contribution in [3.63, 3.8) is 0 Å². The molecule has 4 heteroatoms. The van der Waals surface area contributed by atoms with Crippen LogP contribution in [0, 0.1) is 5.92 Å². The predicted molar refractivity (Wildman–Crippen MR) is 78.7 cm³/mol. The zero-order valence-corrected chi connectivity index (χ0v) is 11.9. The Morgan fingerprint density at radius 2 is 1.85 bits per heavy atom. The van der Waals surface area contributed by atoms with E-state index in [0.717, 1.165) is 19.3 Å². The summed E-state index contributed by atoms with van der Waals surface area (Å²) in [6.45, 7) is 2.45. The third-order valence-electron chi connectivity index (χ3n) is 4.07. The van der Waals surface area contributed by atoms with Gasteiger partial charge in [-0.3, -0.25) is 9.59 Å². The van der Waals surface area contributed by atoms with Crippen molar-refractivity contribution in [1.29, 1.82) is 0 Å². The molecule has 1 aliphatic carbocycles. The van der Waals surface area contributed by atoms with Crippen LogP contribution in [0.4, 0.5) is 0 Å². The summed E-state index contributed by atoms with van der Waals surface area (Å²) >= 11 is 0. The van der Waals surface area contributed by atoms with E-state index in [2.05, 4.69) is 5.32 Å². The van der Waals surface area contributed by atoms with Crippen molar-refractivity contribution in [3.8, 4) is 0 Å². The number of hydrogen-bond acceptors (Lipinski definition) is 3. The largest absolute Gasteiger partial charge is 0.349 e. The summed E-state index contributed by atoms with van der Waals surface area (Å²) in [6.07, 6.45) is 3.69. The first-order valence-electron chi connectivity index (χ1n) is 7.30. The molecule has 1 aliphatic rings. The second-order valence-corrected chi connectivity index (χ2v) is 5.36. The van der Waals surface area contributed by atoms with Crippen molar-refractivity contribution >= 4 is 11.7 Å². The Hall–Kier alpha value is -1.68. The molecule has 3 N–H and O–H groups in total. The maximum absolute atomic E-state index is 12.2. The summed E-state index contributed by atoms with van der Waals surface area (Å²) in [5, 5.41) is 3.05. The van der Waals surface area contributed by atoms with Crippen molar-refractivity contribution < 1.29 is 9.59 Å². The normalized spacial score (nSPS) is 21.7. The van der Waals surface area contributed by atoms with Crippen LogP contribution in [-0.2, 0) is 0 Å². The maximum atomic E-state index is 12.2. The molecule has 2 unspecified atom stereocenters. The summed E-state index contributed by atoms with van der Waals surface area (Å²) in [5.41, 5.74) is 6.97. The van der Waals surface area contributed by atoms with Crippen LogP contribution >= 0.6 is 0 Å². The molecule has 2 rings (SSSR count). The Bertz CT molecular complexity index is 482. The third kappa shape index (κ3) is 3.25. The molecule has 108 valence electrons. The summed E-state index contributed by atoms with van der Waals surface area (Å²) < 4.78 is 0. The van der Waals surface area contributed by atoms with Crippen molar-refractivity contribution in [2.24, 2.45) is 11.7 Å². The van der Waals surface area contributed by atoms with Crippen LogP contribution < -0.4 is 11.1 Å². The van der Waals surface area contributed by atoms with Crippen LogP contribution in [0.2, 0.25) is 0 Å². The van der Waals surface area contributed by atoms with E-state index in [-0.39, 0.29) is 17.7 Å². The second-order valence-electron chi connectivity index (χ2n) is 5.36. The highest BCUT2D eigenvalue weighted by Crippen LogP contribution is 2.24. The fourth-order valence-electron chi connectivity index (χ4n) is 2.77. The molecular weight excluding hydrogens is 252 g/mol. The molecule has 0 heterocycles. The van der Waals surface area contributed by atoms with Gasteiger partial charge >= 0.3 is 0 Å². The minimum absolute atomic E-state index is 0.0779. The molecule has 0 radical (unpaired) electrons. The van der Waals surface area contributed by atoms with E-state index in [4.69, 9.17) is 5.73 Å². The molecule has 0 saturated heterocycles. The third-order valence-corrected chi connectivity index (χ3v) is 4.07. The molecule has 0 bridgehead atoms. The van der Waals surface area contributed by atoms with E-state index < -0.39 is 0 Å². The molecule has 1 saturated carbocycles. The van der Waals surface area contributed by atoms with Gasteiger partial charge in [-0.1, -0.05) is 25.5 Å². The van der Waals surface area contributed by atoms with Crippen molar-refractivity contribution in [2.75, 3.05) is 6.54 Å². The van der Waals surface area contributed by atoms with Crippen LogP contribution in [0.25, 0.3) is 0 Å². The Kier molecular flexibility index (Phi) is 4.90. The Labute approximate surface area is 119 Å². The molecule has 0 aliphatic heterocycles. The number of rotatable bonds is 5. The smallest absolute Gasteiger partial charge is 0.251 e. The summed E-state index contributed by atoms with van der Waals surface area (Å²) in [5.74, 6) is 0.404. The standard InChI is InChI=1S/C16H22N2O2/c1-2-15(19)11-6-8-12(9-7-11)16(20)18-14-5-3-4-13(14)10-17/h6-9,13-14H,2-5,10,17H2,1H3,(H,18,20). The lowest BCUT2D eigenvalue weighted by Gasteiger charge is -2.19. The molecule has 2 atom stereocenters. The first-order chi connectivity index (χ1) is 9.65. The highest BCUT2D eigenvalue weighted by molar-refractivity contribution is 5.98. The van der Waals surface area contributed by atoms with Crippen LogP contribution in [0.1, 0.15) is 53.3 Å². The minimum Gasteiger partial charge on any atom is -0.349 e. The number of hydrogen-bond donors (Lipinski definition) is 2. The van der Waals surface area contributed by atoms with E-state index in [1.807, 2.05) is 6.92 Å². The minimum atomic E-state index is -0.0779. The van der Waals surface area contributed by atoms with Gasteiger partial charge in [-0.25, -0.2) is 0 Å². The van der Waals surface area contributed by atoms with E-state index in [1.54, 1.807) is 24.3 Å². The van der Waals surface area contributed by atoms with Crippen molar-refractivity contribution in [3.05, 3.63) is 35.4 Å². The molecule has 1 aromatic carbocycles. The number of amides is 1. The zero-order valence-electron chi connectivity index (χ0n) is 11.9. The number of carbonyl (C=O) groups excluding carboxylic acids is 2. The van der Waals surface area contributed by atoms with Crippen LogP contribution in [0.3, 0.4) is 0 Å². The average molecular weight is 274 g/mol. The van der Waals surface area contributed by atoms with Gasteiger partial charge in [0.2, 0.25) is 0 Å². The molecule has 1 amide bonds. The van der Waals surface area contributed by atoms with Crippen molar-refractivity contribution in [2.45, 2.75) is 38.6 Å². The lowest BCUT2D eigenvalue weighted by Crippen LogP contribution is -2.39. The van der Waals surface area contributed by atoms with Crippen LogP contribution in [0.5, 0.6) is 0 Å². The van der Waals surface area contributed by atoms with Gasteiger partial charge in [0, 0.05) is 23.6 Å². The number of Topliss-reactive ketones (excluding diaryl/α,β-unsaturated/α-hetero) is 1. The molecule has 1 aromatic rings. The number of carbonyl (C=O) groups is 2. The van der Waals surface area contributed by atoms with Gasteiger partial charge < -0.3 is 11.1 Å². The molecule has 0 spiro atoms. The second kappa shape index (κ2) is 6.66. The van der Waals surface area contributed by atoms with Crippen molar-refractivity contribution in [1.82, 2.24) is 5.32 Å². The highest BCUT2D eigenvalue weighted by atomic mass is 16.1. The summed E-state index contributed by atoms with van der Waals surface area (Å²) in [7, 11) is 0. The van der Waals surface area contributed by atoms with Gasteiger partial charge in [0.15, 0.2) is 5.78 Å². The summed E-state index contributed by atoms with van der Waals surface area (Å²) in [4.78, 5) is 23.7. The average Bonchev–Trinajstić information content (AvgIpc) is 2.93. The maximum Gasteiger partial charge on any atom is 0.251 e. The van der Waals surface area contributed by atoms with E-state index >= 15 is 0 Å². The number of benzene rings is 1. The van der Waals surface area contributed by atoms with Gasteiger partial charge in [0.05, 0.1) is 0 Å². The van der Waals surface area contributed by atoms with Gasteiger partial charge in [-0.05, 0) is 37.4 Å². The van der Waals surface area contributed by atoms with Crippen LogP contribution in [-0.4, -0.2) is 24.3 Å². The highest BCUT2D eigenvalue weighted by Gasteiger charge is 2.27.